The molecule has 0 saturated heterocycles. The van der Waals surface area contributed by atoms with Crippen molar-refractivity contribution in [1.29, 1.82) is 0 Å². The molecule has 0 amide bonds. The fourth-order valence-electron chi connectivity index (χ4n) is 3.87. The number of nitrogens with zero attached hydrogens (tertiary/aromatic N) is 1. The fourth-order valence-corrected chi connectivity index (χ4v) is 4.06. The molecule has 1 saturated carbocycles. The molecular weight excluding hydrogens is 306 g/mol. The van der Waals surface area contributed by atoms with E-state index in [-0.39, 0.29) is 5.56 Å². The van der Waals surface area contributed by atoms with Gasteiger partial charge in [-0.25, -0.2) is 0 Å². The fraction of sp³-hybridized carbons (Fsp3) is 0.450. The lowest BCUT2D eigenvalue weighted by molar-refractivity contribution is 0.269. The van der Waals surface area contributed by atoms with E-state index in [0.717, 1.165) is 30.5 Å². The normalized spacial score (nSPS) is 17.6. The Balaban J connectivity index is 1.86. The van der Waals surface area contributed by atoms with Crippen LogP contribution in [-0.4, -0.2) is 4.57 Å². The Labute approximate surface area is 142 Å². The van der Waals surface area contributed by atoms with Crippen LogP contribution >= 0.6 is 11.6 Å². The van der Waals surface area contributed by atoms with Crippen LogP contribution in [-0.2, 0) is 19.4 Å². The number of hydrogen-bond acceptors (Lipinski definition) is 1. The molecule has 4 rings (SSSR count). The summed E-state index contributed by atoms with van der Waals surface area (Å²) < 4.78 is 2.09. The molecule has 3 heteroatoms. The molecular formula is C20H22ClNO. The SMILES string of the molecule is O=c1c(-c2cccc(Cl)c2)cc2c(n1CC1CCC1)CCCC2. The van der Waals surface area contributed by atoms with Crippen molar-refractivity contribution in [2.45, 2.75) is 51.5 Å². The number of hydrogen-bond donors (Lipinski definition) is 0. The van der Waals surface area contributed by atoms with Crippen molar-refractivity contribution in [3.63, 3.8) is 0 Å². The van der Waals surface area contributed by atoms with Gasteiger partial charge in [0, 0.05) is 22.8 Å². The van der Waals surface area contributed by atoms with E-state index in [1.807, 2.05) is 24.3 Å². The highest BCUT2D eigenvalue weighted by Gasteiger charge is 2.23. The van der Waals surface area contributed by atoms with Crippen molar-refractivity contribution in [2.75, 3.05) is 0 Å². The molecule has 1 aromatic carbocycles. The summed E-state index contributed by atoms with van der Waals surface area (Å²) in [6.45, 7) is 0.898. The topological polar surface area (TPSA) is 22.0 Å². The Hall–Kier alpha value is -1.54. The molecule has 2 aromatic rings. The van der Waals surface area contributed by atoms with E-state index in [1.165, 1.54) is 43.4 Å². The highest BCUT2D eigenvalue weighted by Crippen LogP contribution is 2.31. The highest BCUT2D eigenvalue weighted by molar-refractivity contribution is 6.30. The average Bonchev–Trinajstić information content (AvgIpc) is 2.52. The zero-order valence-corrected chi connectivity index (χ0v) is 14.1. The molecule has 0 radical (unpaired) electrons. The van der Waals surface area contributed by atoms with E-state index in [4.69, 9.17) is 11.6 Å². The molecule has 0 unspecified atom stereocenters. The van der Waals surface area contributed by atoms with Crippen LogP contribution in [0.25, 0.3) is 11.1 Å². The predicted octanol–water partition coefficient (Wildman–Crippen LogP) is 4.85. The Morgan fingerprint density at radius 1 is 1.09 bits per heavy atom. The maximum atomic E-state index is 13.1. The van der Waals surface area contributed by atoms with Gasteiger partial charge in [0.25, 0.3) is 5.56 Å². The molecule has 2 nitrogen and oxygen atoms in total. The summed E-state index contributed by atoms with van der Waals surface area (Å²) in [5.41, 5.74) is 4.58. The Bertz CT molecular complexity index is 789. The van der Waals surface area contributed by atoms with Crippen molar-refractivity contribution in [1.82, 2.24) is 4.57 Å². The van der Waals surface area contributed by atoms with Crippen molar-refractivity contribution in [3.8, 4) is 11.1 Å². The minimum absolute atomic E-state index is 0.166. The quantitative estimate of drug-likeness (QED) is 0.790. The number of benzene rings is 1. The molecule has 0 N–H and O–H groups in total. The van der Waals surface area contributed by atoms with Gasteiger partial charge in [-0.2, -0.15) is 0 Å². The van der Waals surface area contributed by atoms with Crippen LogP contribution in [0, 0.1) is 5.92 Å². The summed E-state index contributed by atoms with van der Waals surface area (Å²) in [7, 11) is 0. The van der Waals surface area contributed by atoms with E-state index in [2.05, 4.69) is 10.6 Å². The van der Waals surface area contributed by atoms with Gasteiger partial charge >= 0.3 is 0 Å². The van der Waals surface area contributed by atoms with Gasteiger partial charge in [0.05, 0.1) is 0 Å². The van der Waals surface area contributed by atoms with Crippen LogP contribution in [0.15, 0.2) is 35.1 Å². The van der Waals surface area contributed by atoms with Crippen LogP contribution in [0.5, 0.6) is 0 Å². The lowest BCUT2D eigenvalue weighted by atomic mass is 9.84. The molecule has 0 atom stereocenters. The maximum absolute atomic E-state index is 13.1. The average molecular weight is 328 g/mol. The Morgan fingerprint density at radius 2 is 1.91 bits per heavy atom. The third-order valence-corrected chi connectivity index (χ3v) is 5.64. The summed E-state index contributed by atoms with van der Waals surface area (Å²) in [5.74, 6) is 0.688. The largest absolute Gasteiger partial charge is 0.312 e. The van der Waals surface area contributed by atoms with Gasteiger partial charge in [0.15, 0.2) is 0 Å². The number of aryl methyl sites for hydroxylation is 1. The van der Waals surface area contributed by atoms with Crippen molar-refractivity contribution < 1.29 is 0 Å². The molecule has 120 valence electrons. The summed E-state index contributed by atoms with van der Waals surface area (Å²) in [4.78, 5) is 13.1. The molecule has 0 spiro atoms. The first-order valence-electron chi connectivity index (χ1n) is 8.74. The van der Waals surface area contributed by atoms with E-state index >= 15 is 0 Å². The molecule has 0 aliphatic heterocycles. The Morgan fingerprint density at radius 3 is 2.65 bits per heavy atom. The summed E-state index contributed by atoms with van der Waals surface area (Å²) >= 11 is 6.14. The summed E-state index contributed by atoms with van der Waals surface area (Å²) in [6, 6.07) is 9.80. The number of fused-ring (bicyclic) bond motifs is 1. The van der Waals surface area contributed by atoms with Crippen LogP contribution in [0.3, 0.4) is 0 Å². The minimum Gasteiger partial charge on any atom is -0.312 e. The summed E-state index contributed by atoms with van der Waals surface area (Å²) in [6.07, 6.45) is 8.42. The number of pyridine rings is 1. The van der Waals surface area contributed by atoms with E-state index < -0.39 is 0 Å². The second-order valence-corrected chi connectivity index (χ2v) is 7.40. The van der Waals surface area contributed by atoms with Gasteiger partial charge in [-0.05, 0) is 73.8 Å². The smallest absolute Gasteiger partial charge is 0.258 e. The number of rotatable bonds is 3. The molecule has 1 heterocycles. The molecule has 1 fully saturated rings. The van der Waals surface area contributed by atoms with E-state index in [9.17, 15) is 4.79 Å². The lowest BCUT2D eigenvalue weighted by Gasteiger charge is -2.30. The monoisotopic (exact) mass is 327 g/mol. The second kappa shape index (κ2) is 6.16. The zero-order valence-electron chi connectivity index (χ0n) is 13.4. The van der Waals surface area contributed by atoms with Crippen LogP contribution in [0.4, 0.5) is 0 Å². The van der Waals surface area contributed by atoms with Crippen LogP contribution in [0.1, 0.15) is 43.4 Å². The van der Waals surface area contributed by atoms with Crippen molar-refractivity contribution >= 4 is 11.6 Å². The van der Waals surface area contributed by atoms with Gasteiger partial charge in [-0.15, -0.1) is 0 Å². The predicted molar refractivity (Wildman–Crippen MR) is 95.1 cm³/mol. The maximum Gasteiger partial charge on any atom is 0.258 e. The molecule has 1 aromatic heterocycles. The second-order valence-electron chi connectivity index (χ2n) is 6.96. The van der Waals surface area contributed by atoms with Crippen molar-refractivity contribution in [3.05, 3.63) is 57.0 Å². The van der Waals surface area contributed by atoms with Gasteiger partial charge in [0.1, 0.15) is 0 Å². The zero-order chi connectivity index (χ0) is 15.8. The first-order valence-corrected chi connectivity index (χ1v) is 9.12. The molecule has 23 heavy (non-hydrogen) atoms. The molecule has 2 aliphatic rings. The minimum atomic E-state index is 0.166. The molecule has 2 aliphatic carbocycles. The standard InChI is InChI=1S/C20H22ClNO/c21-17-9-4-8-15(11-17)18-12-16-7-1-2-10-19(16)22(20(18)23)13-14-5-3-6-14/h4,8-9,11-12,14H,1-3,5-7,10,13H2. The van der Waals surface area contributed by atoms with Crippen LogP contribution in [0.2, 0.25) is 5.02 Å². The highest BCUT2D eigenvalue weighted by atomic mass is 35.5. The Kier molecular flexibility index (Phi) is 4.02. The third-order valence-electron chi connectivity index (χ3n) is 5.40. The first-order chi connectivity index (χ1) is 11.2. The van der Waals surface area contributed by atoms with Gasteiger partial charge in [0.2, 0.25) is 0 Å². The van der Waals surface area contributed by atoms with E-state index in [1.54, 1.807) is 0 Å². The van der Waals surface area contributed by atoms with Gasteiger partial charge in [-0.3, -0.25) is 4.79 Å². The third kappa shape index (κ3) is 2.85. The van der Waals surface area contributed by atoms with Gasteiger partial charge in [-0.1, -0.05) is 30.2 Å². The number of halogens is 1. The van der Waals surface area contributed by atoms with Crippen molar-refractivity contribution in [2.24, 2.45) is 5.92 Å². The van der Waals surface area contributed by atoms with E-state index in [0.29, 0.717) is 10.9 Å². The molecule has 0 bridgehead atoms. The number of aromatic nitrogens is 1. The van der Waals surface area contributed by atoms with Gasteiger partial charge < -0.3 is 4.57 Å². The first kappa shape index (κ1) is 15.0. The summed E-state index contributed by atoms with van der Waals surface area (Å²) in [5, 5.41) is 0.685. The van der Waals surface area contributed by atoms with Crippen LogP contribution < -0.4 is 5.56 Å². The lowest BCUT2D eigenvalue weighted by Crippen LogP contribution is -2.32.